The van der Waals surface area contributed by atoms with Crippen LogP contribution in [0.25, 0.3) is 66.1 Å². The highest BCUT2D eigenvalue weighted by molar-refractivity contribution is 6.11. The van der Waals surface area contributed by atoms with Gasteiger partial charge in [0.2, 0.25) is 0 Å². The Bertz CT molecular complexity index is 2170. The third-order valence-electron chi connectivity index (χ3n) is 7.87. The number of nitriles is 1. The van der Waals surface area contributed by atoms with Crippen LogP contribution in [-0.2, 0) is 0 Å². The number of nitrogens with zero attached hydrogens (tertiary/aromatic N) is 4. The molecule has 186 valence electrons. The van der Waals surface area contributed by atoms with Crippen molar-refractivity contribution in [2.75, 3.05) is 0 Å². The minimum absolute atomic E-state index is 0.612. The van der Waals surface area contributed by atoms with Crippen LogP contribution >= 0.6 is 0 Å². The van der Waals surface area contributed by atoms with Gasteiger partial charge in [-0.1, -0.05) is 72.8 Å². The molecule has 0 bridgehead atoms. The van der Waals surface area contributed by atoms with E-state index < -0.39 is 0 Å². The summed E-state index contributed by atoms with van der Waals surface area (Å²) in [6, 6.07) is 44.6. The molecule has 0 spiro atoms. The molecule has 0 aliphatic heterocycles. The standard InChI is InChI=1S/C36H22N4/c37-23-25-21-36(40-33-15-7-3-11-28(33)29-12-4-8-16-34(29)40)30(24-17-19-38-20-18-24)22-35(25)39-31-13-5-1-9-26(31)27-10-2-6-14-32(27)39/h1-22H. The molecule has 0 amide bonds. The van der Waals surface area contributed by atoms with E-state index in [2.05, 4.69) is 123 Å². The third-order valence-corrected chi connectivity index (χ3v) is 7.87. The van der Waals surface area contributed by atoms with Gasteiger partial charge in [-0.3, -0.25) is 4.98 Å². The Hall–Kier alpha value is -5.66. The maximum atomic E-state index is 10.6. The van der Waals surface area contributed by atoms with Crippen LogP contribution in [0.2, 0.25) is 0 Å². The van der Waals surface area contributed by atoms with Gasteiger partial charge in [0.25, 0.3) is 0 Å². The number of para-hydroxylation sites is 4. The van der Waals surface area contributed by atoms with Crippen molar-refractivity contribution < 1.29 is 0 Å². The molecule has 0 saturated heterocycles. The summed E-state index contributed by atoms with van der Waals surface area (Å²) in [6.45, 7) is 0. The van der Waals surface area contributed by atoms with E-state index in [4.69, 9.17) is 0 Å². The Morgan fingerprint density at radius 2 is 0.925 bits per heavy atom. The lowest BCUT2D eigenvalue weighted by atomic mass is 10.00. The van der Waals surface area contributed by atoms with Gasteiger partial charge < -0.3 is 9.13 Å². The topological polar surface area (TPSA) is 46.5 Å². The highest BCUT2D eigenvalue weighted by atomic mass is 15.0. The van der Waals surface area contributed by atoms with Crippen LogP contribution in [0.1, 0.15) is 5.56 Å². The molecule has 0 aliphatic rings. The van der Waals surface area contributed by atoms with E-state index in [1.807, 2.05) is 30.6 Å². The molecule has 0 saturated carbocycles. The fourth-order valence-corrected chi connectivity index (χ4v) is 6.16. The lowest BCUT2D eigenvalue weighted by Gasteiger charge is -2.18. The molecular weight excluding hydrogens is 488 g/mol. The molecule has 0 N–H and O–H groups in total. The first-order valence-corrected chi connectivity index (χ1v) is 13.3. The Balaban J connectivity index is 1.53. The number of rotatable bonds is 3. The van der Waals surface area contributed by atoms with Gasteiger partial charge in [0.05, 0.1) is 39.0 Å². The van der Waals surface area contributed by atoms with Crippen LogP contribution < -0.4 is 0 Å². The van der Waals surface area contributed by atoms with Crippen molar-refractivity contribution in [1.82, 2.24) is 14.1 Å². The van der Waals surface area contributed by atoms with Gasteiger partial charge in [0, 0.05) is 39.5 Å². The largest absolute Gasteiger partial charge is 0.309 e. The summed E-state index contributed by atoms with van der Waals surface area (Å²) in [6.07, 6.45) is 3.65. The van der Waals surface area contributed by atoms with E-state index in [1.54, 1.807) is 0 Å². The monoisotopic (exact) mass is 510 g/mol. The Kier molecular flexibility index (Phi) is 4.85. The van der Waals surface area contributed by atoms with E-state index in [0.29, 0.717) is 5.56 Å². The summed E-state index contributed by atoms with van der Waals surface area (Å²) in [5, 5.41) is 15.3. The van der Waals surface area contributed by atoms with Gasteiger partial charge in [-0.15, -0.1) is 0 Å². The van der Waals surface area contributed by atoms with Gasteiger partial charge in [-0.05, 0) is 54.1 Å². The minimum Gasteiger partial charge on any atom is -0.309 e. The molecule has 4 nitrogen and oxygen atoms in total. The average Bonchev–Trinajstić information content (AvgIpc) is 3.54. The molecule has 40 heavy (non-hydrogen) atoms. The van der Waals surface area contributed by atoms with Gasteiger partial charge in [0.1, 0.15) is 6.07 Å². The lowest BCUT2D eigenvalue weighted by Crippen LogP contribution is -2.04. The molecule has 5 aromatic carbocycles. The first-order chi connectivity index (χ1) is 19.8. The molecule has 3 aromatic heterocycles. The van der Waals surface area contributed by atoms with Gasteiger partial charge in [-0.25, -0.2) is 0 Å². The van der Waals surface area contributed by atoms with Crippen LogP contribution in [0, 0.1) is 11.3 Å². The maximum Gasteiger partial charge on any atom is 0.101 e. The number of fused-ring (bicyclic) bond motifs is 6. The summed E-state index contributed by atoms with van der Waals surface area (Å²) in [4.78, 5) is 4.29. The number of hydrogen-bond donors (Lipinski definition) is 0. The fraction of sp³-hybridized carbons (Fsp3) is 0. The van der Waals surface area contributed by atoms with Crippen LogP contribution in [0.5, 0.6) is 0 Å². The van der Waals surface area contributed by atoms with E-state index >= 15 is 0 Å². The van der Waals surface area contributed by atoms with Crippen molar-refractivity contribution in [2.24, 2.45) is 0 Å². The van der Waals surface area contributed by atoms with E-state index in [1.165, 1.54) is 21.5 Å². The summed E-state index contributed by atoms with van der Waals surface area (Å²) < 4.78 is 4.51. The second-order valence-electron chi connectivity index (χ2n) is 9.97. The minimum atomic E-state index is 0.612. The summed E-state index contributed by atoms with van der Waals surface area (Å²) >= 11 is 0. The Morgan fingerprint density at radius 3 is 1.38 bits per heavy atom. The van der Waals surface area contributed by atoms with Crippen molar-refractivity contribution in [3.8, 4) is 28.6 Å². The van der Waals surface area contributed by atoms with Crippen LogP contribution in [0.3, 0.4) is 0 Å². The summed E-state index contributed by atoms with van der Waals surface area (Å²) in [5.74, 6) is 0. The highest BCUT2D eigenvalue weighted by Crippen LogP contribution is 2.40. The Morgan fingerprint density at radius 1 is 0.500 bits per heavy atom. The number of hydrogen-bond acceptors (Lipinski definition) is 2. The first kappa shape index (κ1) is 22.3. The molecule has 0 atom stereocenters. The zero-order chi connectivity index (χ0) is 26.6. The fourth-order valence-electron chi connectivity index (χ4n) is 6.16. The zero-order valence-electron chi connectivity index (χ0n) is 21.5. The van der Waals surface area contributed by atoms with Gasteiger partial charge in [0.15, 0.2) is 0 Å². The smallest absolute Gasteiger partial charge is 0.101 e. The molecule has 0 fully saturated rings. The SMILES string of the molecule is N#Cc1cc(-n2c3ccccc3c3ccccc32)c(-c2ccncc2)cc1-n1c2ccccc2c2ccccc21. The number of benzene rings is 5. The second-order valence-corrected chi connectivity index (χ2v) is 9.97. The van der Waals surface area contributed by atoms with E-state index in [-0.39, 0.29) is 0 Å². The van der Waals surface area contributed by atoms with E-state index in [9.17, 15) is 5.26 Å². The molecule has 3 heterocycles. The van der Waals surface area contributed by atoms with Gasteiger partial charge in [-0.2, -0.15) is 5.26 Å². The van der Waals surface area contributed by atoms with Crippen molar-refractivity contribution in [1.29, 1.82) is 5.26 Å². The average molecular weight is 511 g/mol. The first-order valence-electron chi connectivity index (χ1n) is 13.3. The molecular formula is C36H22N4. The summed E-state index contributed by atoms with van der Waals surface area (Å²) in [7, 11) is 0. The lowest BCUT2D eigenvalue weighted by molar-refractivity contribution is 1.13. The van der Waals surface area contributed by atoms with E-state index in [0.717, 1.165) is 44.6 Å². The predicted molar refractivity (Wildman–Crippen MR) is 163 cm³/mol. The quantitative estimate of drug-likeness (QED) is 0.238. The normalized spacial score (nSPS) is 11.5. The molecule has 8 rings (SSSR count). The molecule has 0 aliphatic carbocycles. The van der Waals surface area contributed by atoms with Crippen LogP contribution in [0.4, 0.5) is 0 Å². The molecule has 4 heteroatoms. The molecule has 8 aromatic rings. The van der Waals surface area contributed by atoms with Crippen molar-refractivity contribution in [3.63, 3.8) is 0 Å². The molecule has 0 radical (unpaired) electrons. The Labute approximate surface area is 230 Å². The van der Waals surface area contributed by atoms with Crippen molar-refractivity contribution >= 4 is 43.6 Å². The zero-order valence-corrected chi connectivity index (χ0v) is 21.5. The van der Waals surface area contributed by atoms with Crippen molar-refractivity contribution in [3.05, 3.63) is 139 Å². The second kappa shape index (κ2) is 8.69. The van der Waals surface area contributed by atoms with Crippen LogP contribution in [0.15, 0.2) is 134 Å². The van der Waals surface area contributed by atoms with Crippen molar-refractivity contribution in [2.45, 2.75) is 0 Å². The van der Waals surface area contributed by atoms with Gasteiger partial charge >= 0.3 is 0 Å². The highest BCUT2D eigenvalue weighted by Gasteiger charge is 2.21. The predicted octanol–water partition coefficient (Wildman–Crippen LogP) is 8.81. The number of pyridine rings is 1. The van der Waals surface area contributed by atoms with Crippen LogP contribution in [-0.4, -0.2) is 14.1 Å². The summed E-state index contributed by atoms with van der Waals surface area (Å²) in [5.41, 5.74) is 8.86. The number of aromatic nitrogens is 3. The maximum absolute atomic E-state index is 10.6. The molecule has 0 unspecified atom stereocenters. The third kappa shape index (κ3) is 3.15.